The molecule has 0 radical (unpaired) electrons. The van der Waals surface area contributed by atoms with E-state index < -0.39 is 0 Å². The van der Waals surface area contributed by atoms with E-state index in [-0.39, 0.29) is 18.0 Å². The number of amides is 1. The Kier molecular flexibility index (Phi) is 8.19. The van der Waals surface area contributed by atoms with E-state index in [1.165, 1.54) is 0 Å². The number of para-hydroxylation sites is 1. The molecule has 0 aliphatic carbocycles. The predicted molar refractivity (Wildman–Crippen MR) is 127 cm³/mol. The number of hydrazine groups is 1. The first-order chi connectivity index (χ1) is 14.5. The Balaban J connectivity index is 1.60. The van der Waals surface area contributed by atoms with Crippen LogP contribution in [0, 0.1) is 5.92 Å². The van der Waals surface area contributed by atoms with Gasteiger partial charge in [0, 0.05) is 23.8 Å². The van der Waals surface area contributed by atoms with Crippen LogP contribution in [0.4, 0.5) is 5.69 Å². The lowest BCUT2D eigenvalue weighted by Crippen LogP contribution is -2.55. The second kappa shape index (κ2) is 11.1. The summed E-state index contributed by atoms with van der Waals surface area (Å²) in [5, 5.41) is 10.1. The van der Waals surface area contributed by atoms with Crippen LogP contribution in [0.3, 0.4) is 0 Å². The molecule has 0 aromatic heterocycles. The number of nitrogens with one attached hydrogen (secondary N) is 5. The maximum atomic E-state index is 12.7. The van der Waals surface area contributed by atoms with Crippen LogP contribution in [-0.4, -0.2) is 36.2 Å². The van der Waals surface area contributed by atoms with E-state index in [4.69, 9.17) is 12.2 Å². The second-order valence-corrected chi connectivity index (χ2v) is 8.42. The van der Waals surface area contributed by atoms with Gasteiger partial charge in [0.05, 0.1) is 0 Å². The molecule has 7 heteroatoms. The zero-order valence-corrected chi connectivity index (χ0v) is 18.4. The van der Waals surface area contributed by atoms with Gasteiger partial charge in [0.2, 0.25) is 5.91 Å². The lowest BCUT2D eigenvalue weighted by molar-refractivity contribution is -0.124. The number of hydrogen-bond acceptors (Lipinski definition) is 4. The van der Waals surface area contributed by atoms with Crippen molar-refractivity contribution in [2.45, 2.75) is 38.8 Å². The van der Waals surface area contributed by atoms with Gasteiger partial charge in [0.1, 0.15) is 6.04 Å². The Morgan fingerprint density at radius 2 is 1.87 bits per heavy atom. The minimum absolute atomic E-state index is 0.00242. The van der Waals surface area contributed by atoms with Crippen molar-refractivity contribution >= 4 is 28.9 Å². The van der Waals surface area contributed by atoms with Crippen LogP contribution in [0.2, 0.25) is 0 Å². The molecule has 1 aliphatic heterocycles. The highest BCUT2D eigenvalue weighted by molar-refractivity contribution is 7.80. The highest BCUT2D eigenvalue weighted by atomic mass is 32.1. The molecule has 1 heterocycles. The molecule has 2 atom stereocenters. The van der Waals surface area contributed by atoms with Crippen molar-refractivity contribution in [3.8, 4) is 11.1 Å². The van der Waals surface area contributed by atoms with Gasteiger partial charge in [-0.25, -0.2) is 5.43 Å². The minimum Gasteiger partial charge on any atom is -0.351 e. The first-order valence-electron chi connectivity index (χ1n) is 10.5. The number of anilines is 1. The molecule has 1 amide bonds. The smallest absolute Gasteiger partial charge is 0.239 e. The summed E-state index contributed by atoms with van der Waals surface area (Å²) < 4.78 is 0. The molecular formula is C23H31N5OS. The number of rotatable bonds is 8. The summed E-state index contributed by atoms with van der Waals surface area (Å²) in [6, 6.07) is 18.0. The van der Waals surface area contributed by atoms with Crippen LogP contribution in [0.1, 0.15) is 26.7 Å². The van der Waals surface area contributed by atoms with Crippen molar-refractivity contribution < 1.29 is 4.79 Å². The van der Waals surface area contributed by atoms with E-state index in [1.807, 2.05) is 36.4 Å². The normalized spacial score (nSPS) is 16.8. The zero-order chi connectivity index (χ0) is 21.3. The van der Waals surface area contributed by atoms with Gasteiger partial charge in [-0.2, -0.15) is 0 Å². The average Bonchev–Trinajstić information content (AvgIpc) is 3.25. The van der Waals surface area contributed by atoms with E-state index in [0.29, 0.717) is 17.5 Å². The molecule has 0 spiro atoms. The Labute approximate surface area is 184 Å². The molecule has 5 N–H and O–H groups in total. The van der Waals surface area contributed by atoms with E-state index in [1.54, 1.807) is 0 Å². The summed E-state index contributed by atoms with van der Waals surface area (Å²) >= 11 is 5.48. The first kappa shape index (κ1) is 22.2. The molecule has 2 aromatic rings. The highest BCUT2D eigenvalue weighted by Gasteiger charge is 2.24. The number of carbonyl (C=O) groups is 1. The Morgan fingerprint density at radius 1 is 1.13 bits per heavy atom. The van der Waals surface area contributed by atoms with Crippen molar-refractivity contribution in [3.05, 3.63) is 54.6 Å². The third kappa shape index (κ3) is 6.52. The largest absolute Gasteiger partial charge is 0.351 e. The highest BCUT2D eigenvalue weighted by Crippen LogP contribution is 2.27. The van der Waals surface area contributed by atoms with Gasteiger partial charge in [-0.15, -0.1) is 0 Å². The summed E-state index contributed by atoms with van der Waals surface area (Å²) in [6.45, 7) is 5.97. The Bertz CT molecular complexity index is 836. The molecule has 1 fully saturated rings. The fourth-order valence-corrected chi connectivity index (χ4v) is 3.72. The quantitative estimate of drug-likeness (QED) is 0.331. The summed E-state index contributed by atoms with van der Waals surface area (Å²) in [6.07, 6.45) is 1.67. The topological polar surface area (TPSA) is 77.2 Å². The summed E-state index contributed by atoms with van der Waals surface area (Å²) in [5.41, 5.74) is 9.21. The molecule has 160 valence electrons. The third-order valence-corrected chi connectivity index (χ3v) is 5.25. The van der Waals surface area contributed by atoms with Crippen LogP contribution in [0.15, 0.2) is 54.6 Å². The number of carbonyl (C=O) groups excluding carboxylic acids is 1. The van der Waals surface area contributed by atoms with Gasteiger partial charge in [0.15, 0.2) is 5.11 Å². The molecule has 2 aromatic carbocycles. The first-order valence-corrected chi connectivity index (χ1v) is 10.9. The van der Waals surface area contributed by atoms with Crippen molar-refractivity contribution in [3.63, 3.8) is 0 Å². The maximum Gasteiger partial charge on any atom is 0.239 e. The van der Waals surface area contributed by atoms with Crippen LogP contribution >= 0.6 is 12.2 Å². The standard InChI is InChI=1S/C23H31N5OS/c1-16(2)14-21(22(29)25-18-12-13-24-15-18)27-28-23(30)26-20-11-7-6-10-19(20)17-8-4-3-5-9-17/h3-11,16,18,21,24,27H,12-15H2,1-2H3,(H,25,29)(H2,26,28,30)/t18?,21-/m0/s1. The molecule has 3 rings (SSSR count). The van der Waals surface area contributed by atoms with Crippen LogP contribution < -0.4 is 26.8 Å². The maximum absolute atomic E-state index is 12.7. The predicted octanol–water partition coefficient (Wildman–Crippen LogP) is 3.04. The Hall–Kier alpha value is -2.48. The van der Waals surface area contributed by atoms with Gasteiger partial charge in [-0.3, -0.25) is 10.2 Å². The molecule has 0 bridgehead atoms. The fourth-order valence-electron chi connectivity index (χ4n) is 3.55. The monoisotopic (exact) mass is 425 g/mol. The van der Waals surface area contributed by atoms with Gasteiger partial charge < -0.3 is 16.0 Å². The minimum atomic E-state index is -0.366. The van der Waals surface area contributed by atoms with Crippen molar-refractivity contribution in [1.29, 1.82) is 0 Å². The van der Waals surface area contributed by atoms with E-state index in [0.717, 1.165) is 36.3 Å². The van der Waals surface area contributed by atoms with Gasteiger partial charge in [0.25, 0.3) is 0 Å². The molecule has 6 nitrogen and oxygen atoms in total. The summed E-state index contributed by atoms with van der Waals surface area (Å²) in [4.78, 5) is 12.7. The number of benzene rings is 2. The van der Waals surface area contributed by atoms with Crippen LogP contribution in [0.5, 0.6) is 0 Å². The van der Waals surface area contributed by atoms with E-state index in [2.05, 4.69) is 58.8 Å². The fraction of sp³-hybridized carbons (Fsp3) is 0.391. The summed E-state index contributed by atoms with van der Waals surface area (Å²) in [7, 11) is 0. The van der Waals surface area contributed by atoms with Crippen molar-refractivity contribution in [2.75, 3.05) is 18.4 Å². The number of hydrogen-bond donors (Lipinski definition) is 5. The van der Waals surface area contributed by atoms with Gasteiger partial charge in [-0.1, -0.05) is 62.4 Å². The number of thiocarbonyl (C=S) groups is 1. The lowest BCUT2D eigenvalue weighted by Gasteiger charge is -2.23. The zero-order valence-electron chi connectivity index (χ0n) is 17.6. The Morgan fingerprint density at radius 3 is 2.57 bits per heavy atom. The SMILES string of the molecule is CC(C)C[C@H](NNC(=S)Nc1ccccc1-c1ccccc1)C(=O)NC1CCNC1. The molecule has 1 aliphatic rings. The molecule has 1 unspecified atom stereocenters. The summed E-state index contributed by atoms with van der Waals surface area (Å²) in [5.74, 6) is 0.370. The second-order valence-electron chi connectivity index (χ2n) is 8.02. The third-order valence-electron chi connectivity index (χ3n) is 5.05. The molecule has 30 heavy (non-hydrogen) atoms. The van der Waals surface area contributed by atoms with E-state index in [9.17, 15) is 4.79 Å². The lowest BCUT2D eigenvalue weighted by atomic mass is 10.0. The van der Waals surface area contributed by atoms with Crippen molar-refractivity contribution in [2.24, 2.45) is 5.92 Å². The van der Waals surface area contributed by atoms with Crippen LogP contribution in [-0.2, 0) is 4.79 Å². The molecular weight excluding hydrogens is 394 g/mol. The van der Waals surface area contributed by atoms with Gasteiger partial charge >= 0.3 is 0 Å². The molecule has 0 saturated carbocycles. The van der Waals surface area contributed by atoms with E-state index >= 15 is 0 Å². The van der Waals surface area contributed by atoms with Gasteiger partial charge in [-0.05, 0) is 49.2 Å². The average molecular weight is 426 g/mol. The van der Waals surface area contributed by atoms with Crippen molar-refractivity contribution in [1.82, 2.24) is 21.5 Å². The molecule has 1 saturated heterocycles. The van der Waals surface area contributed by atoms with Crippen LogP contribution in [0.25, 0.3) is 11.1 Å².